The minimum Gasteiger partial charge on any atom is -0.481 e. The summed E-state index contributed by atoms with van der Waals surface area (Å²) in [4.78, 5) is 31.9. The summed E-state index contributed by atoms with van der Waals surface area (Å²) >= 11 is 6.82. The maximum atomic E-state index is 13.1. The fraction of sp³-hybridized carbons (Fsp3) is 0.422. The molecular formula is C45H51ClN7O6PS. The monoisotopic (exact) mass is 883 g/mol. The van der Waals surface area contributed by atoms with Gasteiger partial charge in [-0.25, -0.2) is 17.7 Å². The van der Waals surface area contributed by atoms with E-state index in [-0.39, 0.29) is 24.0 Å². The molecule has 2 saturated heterocycles. The highest BCUT2D eigenvalue weighted by atomic mass is 35.5. The van der Waals surface area contributed by atoms with Gasteiger partial charge in [-0.2, -0.15) is 4.98 Å². The highest BCUT2D eigenvalue weighted by molar-refractivity contribution is 7.90. The predicted octanol–water partition coefficient (Wildman–Crippen LogP) is 6.66. The molecule has 3 fully saturated rings. The van der Waals surface area contributed by atoms with Gasteiger partial charge in [0.1, 0.15) is 16.6 Å². The van der Waals surface area contributed by atoms with Crippen LogP contribution in [0.5, 0.6) is 11.8 Å². The van der Waals surface area contributed by atoms with E-state index in [1.807, 2.05) is 30.5 Å². The summed E-state index contributed by atoms with van der Waals surface area (Å²) in [6, 6.07) is 18.6. The third-order valence-corrected chi connectivity index (χ3v) is 15.7. The van der Waals surface area contributed by atoms with Gasteiger partial charge in [-0.1, -0.05) is 41.9 Å². The van der Waals surface area contributed by atoms with Crippen LogP contribution in [-0.2, 0) is 39.1 Å². The van der Waals surface area contributed by atoms with Crippen LogP contribution in [0.4, 0.5) is 11.5 Å². The van der Waals surface area contributed by atoms with E-state index in [0.29, 0.717) is 68.0 Å². The quantitative estimate of drug-likeness (QED) is 0.119. The fourth-order valence-electron chi connectivity index (χ4n) is 9.09. The van der Waals surface area contributed by atoms with Crippen molar-refractivity contribution in [2.75, 3.05) is 52.8 Å². The number of nitrogens with zero attached hydrogens (tertiary/aromatic N) is 6. The number of carbonyl (C=O) groups is 1. The number of methoxy groups -OCH3 is 2. The zero-order chi connectivity index (χ0) is 42.4. The molecule has 1 amide bonds. The second kappa shape index (κ2) is 17.4. The van der Waals surface area contributed by atoms with Gasteiger partial charge in [-0.05, 0) is 97.2 Å². The van der Waals surface area contributed by atoms with Crippen LogP contribution in [0.1, 0.15) is 60.5 Å². The minimum atomic E-state index is -3.55. The Morgan fingerprint density at radius 1 is 0.951 bits per heavy atom. The van der Waals surface area contributed by atoms with Crippen molar-refractivity contribution in [1.82, 2.24) is 29.1 Å². The highest BCUT2D eigenvalue weighted by Crippen LogP contribution is 2.42. The Morgan fingerprint density at radius 3 is 2.52 bits per heavy atom. The van der Waals surface area contributed by atoms with Crippen molar-refractivity contribution in [3.05, 3.63) is 94.3 Å². The molecule has 320 valence electrons. The molecular weight excluding hydrogens is 833 g/mol. The van der Waals surface area contributed by atoms with E-state index >= 15 is 0 Å². The number of hydrogen-bond donors (Lipinski definition) is 1. The van der Waals surface area contributed by atoms with Crippen LogP contribution in [0.25, 0.3) is 22.0 Å². The Labute approximate surface area is 364 Å². The number of fused-ring (bicyclic) bond motifs is 2. The average Bonchev–Trinajstić information content (AvgIpc) is 3.66. The van der Waals surface area contributed by atoms with E-state index in [9.17, 15) is 13.2 Å². The van der Waals surface area contributed by atoms with E-state index < -0.39 is 15.3 Å². The number of carbonyl (C=O) groups excluding carboxylic acids is 1. The van der Waals surface area contributed by atoms with Crippen molar-refractivity contribution >= 4 is 64.5 Å². The van der Waals surface area contributed by atoms with E-state index in [0.717, 1.165) is 86.4 Å². The lowest BCUT2D eigenvalue weighted by molar-refractivity contribution is -0.129. The zero-order valence-corrected chi connectivity index (χ0v) is 37.4. The smallest absolute Gasteiger partial charge is 0.240 e. The average molecular weight is 884 g/mol. The first kappa shape index (κ1) is 41.9. The van der Waals surface area contributed by atoms with Crippen LogP contribution in [0.15, 0.2) is 67.0 Å². The van der Waals surface area contributed by atoms with E-state index in [1.54, 1.807) is 20.4 Å². The molecule has 0 spiro atoms. The molecule has 13 nitrogen and oxygen atoms in total. The second-order valence-electron chi connectivity index (χ2n) is 16.6. The molecule has 2 aliphatic heterocycles. The van der Waals surface area contributed by atoms with Crippen molar-refractivity contribution in [3.63, 3.8) is 0 Å². The van der Waals surface area contributed by atoms with E-state index in [4.69, 9.17) is 40.8 Å². The number of ether oxygens (including phenoxy) is 3. The molecule has 1 saturated carbocycles. The Kier molecular flexibility index (Phi) is 11.9. The van der Waals surface area contributed by atoms with Gasteiger partial charge in [0.25, 0.3) is 0 Å². The molecule has 0 radical (unpaired) electrons. The van der Waals surface area contributed by atoms with Crippen molar-refractivity contribution in [3.8, 4) is 22.9 Å². The van der Waals surface area contributed by atoms with Crippen molar-refractivity contribution in [1.29, 1.82) is 0 Å². The van der Waals surface area contributed by atoms with Gasteiger partial charge >= 0.3 is 0 Å². The number of sulfonamides is 1. The molecule has 2 aliphatic carbocycles. The maximum absolute atomic E-state index is 13.1. The lowest BCUT2D eigenvalue weighted by Gasteiger charge is -2.21. The third-order valence-electron chi connectivity index (χ3n) is 12.6. The van der Waals surface area contributed by atoms with Gasteiger partial charge in [0, 0.05) is 81.2 Å². The number of halogens is 1. The first-order chi connectivity index (χ1) is 29.5. The van der Waals surface area contributed by atoms with Gasteiger partial charge in [-0.15, -0.1) is 9.24 Å². The molecule has 16 heteroatoms. The molecule has 2 aromatic carbocycles. The van der Waals surface area contributed by atoms with Crippen LogP contribution in [-0.4, -0.2) is 102 Å². The Bertz CT molecular complexity index is 2600. The maximum Gasteiger partial charge on any atom is 0.240 e. The highest BCUT2D eigenvalue weighted by Gasteiger charge is 2.43. The summed E-state index contributed by atoms with van der Waals surface area (Å²) in [5.74, 6) is 0.881. The van der Waals surface area contributed by atoms with Crippen molar-refractivity contribution < 1.29 is 27.4 Å². The second-order valence-corrected chi connectivity index (χ2v) is 19.8. The Hall–Kier alpha value is -4.43. The summed E-state index contributed by atoms with van der Waals surface area (Å²) in [5.41, 5.74) is 8.15. The van der Waals surface area contributed by atoms with Gasteiger partial charge in [0.2, 0.25) is 27.7 Å². The summed E-state index contributed by atoms with van der Waals surface area (Å²) in [7, 11) is 4.17. The topological polar surface area (TPSA) is 139 Å². The molecule has 4 aliphatic rings. The van der Waals surface area contributed by atoms with Gasteiger partial charge in [0.05, 0.1) is 24.4 Å². The summed E-state index contributed by atoms with van der Waals surface area (Å²) in [6.07, 6.45) is 8.18. The third kappa shape index (κ3) is 8.55. The van der Waals surface area contributed by atoms with Gasteiger partial charge < -0.3 is 19.5 Å². The standard InChI is InChI=1S/C45H51ClN7O6PS/c1-51(61(55,56)32-10-11-32)45(54)29-15-18-52(24-29)23-27-20-28-14-17-47-42(40(28)48-22-27)49-38-9-5-8-36(41(38)60)33-6-4-7-35-34(33)12-13-39(35)59-44-37(46)21-30(43(50-44)58-3)25-53-19-16-31(26-53)57-2/h4-9,14,17,20-22,29,31-32,39H,10-13,15-16,18-19,23-26,60H2,1-3H3,(H,47,49)/t29-,31-,39-/m1/s1. The molecule has 9 rings (SSSR count). The fourth-order valence-corrected chi connectivity index (χ4v) is 11.3. The zero-order valence-electron chi connectivity index (χ0n) is 34.6. The molecule has 4 atom stereocenters. The molecule has 1 N–H and O–H groups in total. The first-order valence-corrected chi connectivity index (χ1v) is 23.4. The van der Waals surface area contributed by atoms with Crippen LogP contribution in [0.3, 0.4) is 0 Å². The number of amides is 1. The van der Waals surface area contributed by atoms with E-state index in [1.165, 1.54) is 12.6 Å². The number of anilines is 2. The number of pyridine rings is 3. The van der Waals surface area contributed by atoms with Crippen molar-refractivity contribution in [2.45, 2.75) is 69.1 Å². The Balaban J connectivity index is 0.885. The summed E-state index contributed by atoms with van der Waals surface area (Å²) in [6.45, 7) is 4.32. The van der Waals surface area contributed by atoms with Gasteiger partial charge in [-0.3, -0.25) is 19.6 Å². The SMILES string of the molecule is COc1nc(O[C@@H]2CCc3c(-c4cccc(Nc5nccc6cc(CN7CC[C@@H](C(=O)N(C)S(=O)(=O)C8CC8)C7)cnc56)c4P)cccc32)c(Cl)cc1CN1CC[C@@H](OC)C1. The molecule has 5 aromatic rings. The predicted molar refractivity (Wildman–Crippen MR) is 240 cm³/mol. The number of hydrogen-bond acceptors (Lipinski definition) is 12. The molecule has 3 aromatic heterocycles. The summed E-state index contributed by atoms with van der Waals surface area (Å²) in [5, 5.41) is 5.57. The largest absolute Gasteiger partial charge is 0.481 e. The summed E-state index contributed by atoms with van der Waals surface area (Å²) < 4.78 is 44.1. The number of likely N-dealkylation sites (tertiary alicyclic amines) is 2. The van der Waals surface area contributed by atoms with Crippen LogP contribution < -0.4 is 20.1 Å². The first-order valence-electron chi connectivity index (χ1n) is 20.9. The van der Waals surface area contributed by atoms with Crippen LogP contribution >= 0.6 is 20.8 Å². The molecule has 1 unspecified atom stereocenters. The minimum absolute atomic E-state index is 0.214. The normalized spacial score (nSPS) is 20.6. The van der Waals surface area contributed by atoms with E-state index in [2.05, 4.69) is 54.7 Å². The van der Waals surface area contributed by atoms with Crippen LogP contribution in [0, 0.1) is 5.92 Å². The molecule has 5 heterocycles. The number of nitrogens with one attached hydrogen (secondary N) is 1. The number of aromatic nitrogens is 3. The Morgan fingerprint density at radius 2 is 1.74 bits per heavy atom. The lowest BCUT2D eigenvalue weighted by Crippen LogP contribution is -2.40. The van der Waals surface area contributed by atoms with Crippen molar-refractivity contribution in [2.24, 2.45) is 5.92 Å². The lowest BCUT2D eigenvalue weighted by atomic mass is 9.96. The van der Waals surface area contributed by atoms with Crippen LogP contribution in [0.2, 0.25) is 5.02 Å². The van der Waals surface area contributed by atoms with Gasteiger partial charge in [0.15, 0.2) is 5.82 Å². The molecule has 0 bridgehead atoms. The number of benzene rings is 2. The number of rotatable bonds is 14. The molecule has 61 heavy (non-hydrogen) atoms.